The standard InChI is InChI=1S/C16H15N3O2S2/c1-21-12-6-4-11(5-7-12)9-14-15(20)18-16(23-14)19-17-10-13-3-2-8-22-13/h2-8,10,14H,9H2,1H3,(H,18,19,20)/t14-/m1/s1. The fourth-order valence-electron chi connectivity index (χ4n) is 2.07. The third-order valence-corrected chi connectivity index (χ3v) is 5.11. The largest absolute Gasteiger partial charge is 0.497 e. The predicted octanol–water partition coefficient (Wildman–Crippen LogP) is 2.92. The lowest BCUT2D eigenvalue weighted by atomic mass is 10.1. The maximum absolute atomic E-state index is 12.0. The van der Waals surface area contributed by atoms with Crippen molar-refractivity contribution in [1.82, 2.24) is 5.32 Å². The van der Waals surface area contributed by atoms with Gasteiger partial charge in [0.1, 0.15) is 5.75 Å². The van der Waals surface area contributed by atoms with Gasteiger partial charge in [0.15, 0.2) is 5.17 Å². The van der Waals surface area contributed by atoms with Gasteiger partial charge in [-0.1, -0.05) is 30.0 Å². The lowest BCUT2D eigenvalue weighted by Crippen LogP contribution is -2.25. The summed E-state index contributed by atoms with van der Waals surface area (Å²) in [4.78, 5) is 13.0. The van der Waals surface area contributed by atoms with E-state index in [-0.39, 0.29) is 11.2 Å². The molecule has 2 aromatic rings. The number of carbonyl (C=O) groups is 1. The van der Waals surface area contributed by atoms with Crippen molar-refractivity contribution in [1.29, 1.82) is 0 Å². The summed E-state index contributed by atoms with van der Waals surface area (Å²) in [5.41, 5.74) is 1.08. The van der Waals surface area contributed by atoms with Crippen LogP contribution in [0.2, 0.25) is 0 Å². The van der Waals surface area contributed by atoms with Crippen LogP contribution in [0.1, 0.15) is 10.4 Å². The topological polar surface area (TPSA) is 63.1 Å². The van der Waals surface area contributed by atoms with E-state index in [4.69, 9.17) is 4.74 Å². The first-order valence-corrected chi connectivity index (χ1v) is 8.75. The molecule has 1 aliphatic heterocycles. The quantitative estimate of drug-likeness (QED) is 0.669. The van der Waals surface area contributed by atoms with Crippen LogP contribution >= 0.6 is 23.1 Å². The Balaban J connectivity index is 1.60. The number of hydrogen-bond acceptors (Lipinski definition) is 6. The number of thiophene rings is 1. The number of thioether (sulfide) groups is 1. The molecule has 3 rings (SSSR count). The van der Waals surface area contributed by atoms with Crippen molar-refractivity contribution < 1.29 is 9.53 Å². The van der Waals surface area contributed by atoms with Crippen LogP contribution < -0.4 is 10.1 Å². The lowest BCUT2D eigenvalue weighted by Gasteiger charge is -2.06. The zero-order chi connectivity index (χ0) is 16.1. The van der Waals surface area contributed by atoms with Crippen molar-refractivity contribution >= 4 is 40.4 Å². The molecule has 1 saturated heterocycles. The first-order valence-electron chi connectivity index (χ1n) is 6.99. The smallest absolute Gasteiger partial charge is 0.239 e. The van der Waals surface area contributed by atoms with Crippen LogP contribution in [0.3, 0.4) is 0 Å². The van der Waals surface area contributed by atoms with Crippen LogP contribution in [0.25, 0.3) is 0 Å². The summed E-state index contributed by atoms with van der Waals surface area (Å²) in [5.74, 6) is 0.776. The van der Waals surface area contributed by atoms with Crippen LogP contribution in [0, 0.1) is 0 Å². The van der Waals surface area contributed by atoms with Gasteiger partial charge in [0.2, 0.25) is 5.91 Å². The van der Waals surface area contributed by atoms with Gasteiger partial charge in [-0.25, -0.2) is 0 Å². The third-order valence-electron chi connectivity index (χ3n) is 3.23. The highest BCUT2D eigenvalue weighted by molar-refractivity contribution is 8.15. The molecule has 0 saturated carbocycles. The van der Waals surface area contributed by atoms with Gasteiger partial charge < -0.3 is 10.1 Å². The second-order valence-electron chi connectivity index (χ2n) is 4.81. The number of ether oxygens (including phenoxy) is 1. The molecule has 2 heterocycles. The highest BCUT2D eigenvalue weighted by Crippen LogP contribution is 2.24. The van der Waals surface area contributed by atoms with Gasteiger partial charge in [-0.2, -0.15) is 5.10 Å². The summed E-state index contributed by atoms with van der Waals surface area (Å²) in [6, 6.07) is 11.6. The van der Waals surface area contributed by atoms with Gasteiger partial charge in [-0.3, -0.25) is 4.79 Å². The molecule has 1 amide bonds. The van der Waals surface area contributed by atoms with Crippen molar-refractivity contribution in [2.45, 2.75) is 11.7 Å². The predicted molar refractivity (Wildman–Crippen MR) is 95.6 cm³/mol. The summed E-state index contributed by atoms with van der Waals surface area (Å²) in [7, 11) is 1.63. The molecule has 1 fully saturated rings. The molecular formula is C16H15N3O2S2. The third kappa shape index (κ3) is 4.20. The second kappa shape index (κ2) is 7.43. The molecule has 7 heteroatoms. The molecule has 0 bridgehead atoms. The van der Waals surface area contributed by atoms with Crippen molar-refractivity contribution in [2.24, 2.45) is 10.2 Å². The molecule has 23 heavy (non-hydrogen) atoms. The van der Waals surface area contributed by atoms with Gasteiger partial charge in [-0.05, 0) is 35.6 Å². The normalized spacial score (nSPS) is 19.4. The fourth-order valence-corrected chi connectivity index (χ4v) is 3.61. The number of amides is 1. The van der Waals surface area contributed by atoms with E-state index >= 15 is 0 Å². The Morgan fingerprint density at radius 1 is 1.30 bits per heavy atom. The molecule has 1 atom stereocenters. The second-order valence-corrected chi connectivity index (χ2v) is 6.98. The maximum atomic E-state index is 12.0. The molecule has 1 N–H and O–H groups in total. The Labute approximate surface area is 142 Å². The molecule has 0 spiro atoms. The Hall–Kier alpha value is -2.12. The van der Waals surface area contributed by atoms with Gasteiger partial charge in [0, 0.05) is 4.88 Å². The van der Waals surface area contributed by atoms with Gasteiger partial charge in [0.25, 0.3) is 0 Å². The Bertz CT molecular complexity index is 724. The fraction of sp³-hybridized carbons (Fsp3) is 0.188. The zero-order valence-electron chi connectivity index (χ0n) is 12.4. The minimum Gasteiger partial charge on any atom is -0.497 e. The number of carbonyl (C=O) groups excluding carboxylic acids is 1. The van der Waals surface area contributed by atoms with Crippen molar-refractivity contribution in [3.8, 4) is 5.75 Å². The van der Waals surface area contributed by atoms with E-state index < -0.39 is 0 Å². The molecule has 1 aromatic heterocycles. The number of rotatable bonds is 5. The monoisotopic (exact) mass is 345 g/mol. The van der Waals surface area contributed by atoms with Crippen molar-refractivity contribution in [3.05, 3.63) is 52.2 Å². The highest BCUT2D eigenvalue weighted by atomic mass is 32.2. The van der Waals surface area contributed by atoms with Crippen LogP contribution in [0.15, 0.2) is 52.0 Å². The summed E-state index contributed by atoms with van der Waals surface area (Å²) >= 11 is 3.00. The number of nitrogens with one attached hydrogen (secondary N) is 1. The number of methoxy groups -OCH3 is 1. The molecule has 118 valence electrons. The maximum Gasteiger partial charge on any atom is 0.239 e. The summed E-state index contributed by atoms with van der Waals surface area (Å²) in [6.07, 6.45) is 2.33. The SMILES string of the molecule is COc1ccc(C[C@H]2S/C(=N/N=Cc3cccs3)NC2=O)cc1. The van der Waals surface area contributed by atoms with E-state index in [1.807, 2.05) is 41.8 Å². The van der Waals surface area contributed by atoms with E-state index in [1.54, 1.807) is 24.7 Å². The van der Waals surface area contributed by atoms with Crippen LogP contribution in [0.5, 0.6) is 5.75 Å². The van der Waals surface area contributed by atoms with Crippen LogP contribution in [-0.4, -0.2) is 29.6 Å². The lowest BCUT2D eigenvalue weighted by molar-refractivity contribution is -0.118. The van der Waals surface area contributed by atoms with E-state index in [1.165, 1.54) is 11.8 Å². The van der Waals surface area contributed by atoms with Crippen molar-refractivity contribution in [2.75, 3.05) is 7.11 Å². The minimum atomic E-state index is -0.181. The molecule has 1 aromatic carbocycles. The number of benzene rings is 1. The molecule has 5 nitrogen and oxygen atoms in total. The molecular weight excluding hydrogens is 330 g/mol. The average Bonchev–Trinajstić information content (AvgIpc) is 3.19. The summed E-state index contributed by atoms with van der Waals surface area (Å²) in [6.45, 7) is 0. The molecule has 0 radical (unpaired) electrons. The van der Waals surface area contributed by atoms with Gasteiger partial charge >= 0.3 is 0 Å². The Morgan fingerprint density at radius 2 is 2.13 bits per heavy atom. The molecule has 1 aliphatic rings. The Kier molecular flexibility index (Phi) is 5.09. The van der Waals surface area contributed by atoms with Gasteiger partial charge in [-0.15, -0.1) is 16.4 Å². The van der Waals surface area contributed by atoms with Crippen molar-refractivity contribution in [3.63, 3.8) is 0 Å². The first-order chi connectivity index (χ1) is 11.2. The molecule has 0 unspecified atom stereocenters. The van der Waals surface area contributed by atoms with E-state index in [2.05, 4.69) is 15.5 Å². The van der Waals surface area contributed by atoms with E-state index in [0.29, 0.717) is 11.6 Å². The van der Waals surface area contributed by atoms with E-state index in [0.717, 1.165) is 16.2 Å². The van der Waals surface area contributed by atoms with Gasteiger partial charge in [0.05, 0.1) is 18.6 Å². The Morgan fingerprint density at radius 3 is 2.83 bits per heavy atom. The average molecular weight is 345 g/mol. The first kappa shape index (κ1) is 15.8. The number of nitrogens with zero attached hydrogens (tertiary/aromatic N) is 2. The summed E-state index contributed by atoms with van der Waals surface area (Å²) < 4.78 is 5.13. The highest BCUT2D eigenvalue weighted by Gasteiger charge is 2.30. The van der Waals surface area contributed by atoms with E-state index in [9.17, 15) is 4.79 Å². The van der Waals surface area contributed by atoms with Crippen LogP contribution in [-0.2, 0) is 11.2 Å². The number of hydrogen-bond donors (Lipinski definition) is 1. The zero-order valence-corrected chi connectivity index (χ0v) is 14.1. The minimum absolute atomic E-state index is 0.0316. The van der Waals surface area contributed by atoms with Crippen LogP contribution in [0.4, 0.5) is 0 Å². The number of amidine groups is 1. The molecule has 0 aliphatic carbocycles. The summed E-state index contributed by atoms with van der Waals surface area (Å²) in [5, 5.41) is 13.2.